The molecule has 0 atom stereocenters. The molecule has 1 rings (SSSR count). The van der Waals surface area contributed by atoms with Gasteiger partial charge in [0.05, 0.1) is 12.2 Å². The van der Waals surface area contributed by atoms with Crippen LogP contribution in [0.15, 0.2) is 0 Å². The molecule has 1 aromatic rings. The van der Waals surface area contributed by atoms with Crippen LogP contribution in [0, 0.1) is 13.8 Å². The average molecular weight is 285 g/mol. The second-order valence-corrected chi connectivity index (χ2v) is 5.23. The van der Waals surface area contributed by atoms with E-state index in [1.807, 2.05) is 20.8 Å². The fourth-order valence-corrected chi connectivity index (χ4v) is 2.63. The van der Waals surface area contributed by atoms with Gasteiger partial charge < -0.3 is 14.8 Å². The summed E-state index contributed by atoms with van der Waals surface area (Å²) in [6.45, 7) is 8.21. The van der Waals surface area contributed by atoms with Crippen LogP contribution in [0.2, 0.25) is 0 Å². The zero-order valence-corrected chi connectivity index (χ0v) is 12.5. The van der Waals surface area contributed by atoms with Crippen molar-refractivity contribution in [3.63, 3.8) is 0 Å². The Morgan fingerprint density at radius 1 is 1.26 bits per heavy atom. The van der Waals surface area contributed by atoms with Crippen LogP contribution in [0.3, 0.4) is 0 Å². The molecule has 0 bridgehead atoms. The molecule has 0 radical (unpaired) electrons. The highest BCUT2D eigenvalue weighted by Gasteiger charge is 2.21. The zero-order chi connectivity index (χ0) is 14.4. The number of amides is 1. The van der Waals surface area contributed by atoms with Gasteiger partial charge in [-0.25, -0.2) is 4.79 Å². The highest BCUT2D eigenvalue weighted by atomic mass is 32.1. The number of aryl methyl sites for hydroxylation is 1. The molecular weight excluding hydrogens is 266 g/mol. The monoisotopic (exact) mass is 285 g/mol. The number of carbonyl (C=O) groups excluding carboxylic acids is 2. The molecule has 0 fully saturated rings. The average Bonchev–Trinajstić information content (AvgIpc) is 2.59. The molecule has 1 aromatic heterocycles. The van der Waals surface area contributed by atoms with Crippen LogP contribution in [0.4, 0.5) is 5.00 Å². The van der Waals surface area contributed by atoms with Gasteiger partial charge in [0.2, 0.25) is 5.91 Å². The minimum Gasteiger partial charge on any atom is -0.460 e. The molecule has 1 N–H and O–H groups in total. The Morgan fingerprint density at radius 2 is 1.95 bits per heavy atom. The summed E-state index contributed by atoms with van der Waals surface area (Å²) in [5, 5.41) is 3.21. The van der Waals surface area contributed by atoms with Crippen LogP contribution in [0.1, 0.15) is 34.6 Å². The Morgan fingerprint density at radius 3 is 2.53 bits per heavy atom. The van der Waals surface area contributed by atoms with Gasteiger partial charge in [0, 0.05) is 18.4 Å². The number of anilines is 1. The zero-order valence-electron chi connectivity index (χ0n) is 11.7. The van der Waals surface area contributed by atoms with Crippen LogP contribution < -0.4 is 5.32 Å². The first kappa shape index (κ1) is 15.7. The first-order chi connectivity index (χ1) is 8.97. The fraction of sp³-hybridized carbons (Fsp3) is 0.538. The minimum atomic E-state index is -0.426. The maximum Gasteiger partial charge on any atom is 0.341 e. The predicted octanol–water partition coefficient (Wildman–Crippen LogP) is 2.52. The number of nitrogens with one attached hydrogen (secondary N) is 1. The number of esters is 1. The second kappa shape index (κ2) is 7.25. The smallest absolute Gasteiger partial charge is 0.341 e. The van der Waals surface area contributed by atoms with E-state index in [1.165, 1.54) is 18.3 Å². The van der Waals surface area contributed by atoms with Gasteiger partial charge in [-0.3, -0.25) is 4.79 Å². The standard InChI is InChI=1S/C13H19NO4S/c1-5-17-6-7-18-13(16)11-8(2)9(3)19-12(11)14-10(4)15/h5-7H2,1-4H3,(H,14,15). The summed E-state index contributed by atoms with van der Waals surface area (Å²) in [4.78, 5) is 24.1. The Balaban J connectivity index is 2.79. The van der Waals surface area contributed by atoms with Crippen LogP contribution in [-0.4, -0.2) is 31.7 Å². The van der Waals surface area contributed by atoms with E-state index in [9.17, 15) is 9.59 Å². The second-order valence-electron chi connectivity index (χ2n) is 4.00. The number of hydrogen-bond acceptors (Lipinski definition) is 5. The SMILES string of the molecule is CCOCCOC(=O)c1c(NC(C)=O)sc(C)c1C. The summed E-state index contributed by atoms with van der Waals surface area (Å²) in [5.41, 5.74) is 1.28. The van der Waals surface area contributed by atoms with E-state index in [4.69, 9.17) is 9.47 Å². The molecule has 6 heteroatoms. The minimum absolute atomic E-state index is 0.204. The molecule has 0 aliphatic rings. The molecule has 5 nitrogen and oxygen atoms in total. The van der Waals surface area contributed by atoms with E-state index in [-0.39, 0.29) is 12.5 Å². The van der Waals surface area contributed by atoms with Crippen molar-refractivity contribution in [2.24, 2.45) is 0 Å². The maximum absolute atomic E-state index is 12.0. The Hall–Kier alpha value is -1.40. The lowest BCUT2D eigenvalue weighted by Gasteiger charge is -2.07. The highest BCUT2D eigenvalue weighted by Crippen LogP contribution is 2.32. The lowest BCUT2D eigenvalue weighted by atomic mass is 10.1. The van der Waals surface area contributed by atoms with Gasteiger partial charge in [0.15, 0.2) is 0 Å². The molecule has 19 heavy (non-hydrogen) atoms. The molecule has 0 aliphatic carbocycles. The lowest BCUT2D eigenvalue weighted by molar-refractivity contribution is -0.114. The van der Waals surface area contributed by atoms with Gasteiger partial charge in [-0.05, 0) is 26.3 Å². The summed E-state index contributed by atoms with van der Waals surface area (Å²) < 4.78 is 10.2. The molecule has 0 saturated heterocycles. The van der Waals surface area contributed by atoms with Crippen LogP contribution in [0.5, 0.6) is 0 Å². The summed E-state index contributed by atoms with van der Waals surface area (Å²) in [5.74, 6) is -0.630. The van der Waals surface area contributed by atoms with E-state index in [1.54, 1.807) is 0 Å². The highest BCUT2D eigenvalue weighted by molar-refractivity contribution is 7.16. The topological polar surface area (TPSA) is 64.6 Å². The first-order valence-corrected chi connectivity index (χ1v) is 6.91. The third-order valence-electron chi connectivity index (χ3n) is 2.54. The number of thiophene rings is 1. The van der Waals surface area contributed by atoms with E-state index in [2.05, 4.69) is 5.32 Å². The lowest BCUT2D eigenvalue weighted by Crippen LogP contribution is -2.14. The van der Waals surface area contributed by atoms with Crippen LogP contribution in [-0.2, 0) is 14.3 Å². The Labute approximate surface area is 116 Å². The normalized spacial score (nSPS) is 10.3. The van der Waals surface area contributed by atoms with Gasteiger partial charge in [0.25, 0.3) is 0 Å². The molecular formula is C13H19NO4S. The van der Waals surface area contributed by atoms with Gasteiger partial charge >= 0.3 is 5.97 Å². The molecule has 0 unspecified atom stereocenters. The molecule has 106 valence electrons. The van der Waals surface area contributed by atoms with Crippen LogP contribution >= 0.6 is 11.3 Å². The summed E-state index contributed by atoms with van der Waals surface area (Å²) in [6.07, 6.45) is 0. The van der Waals surface area contributed by atoms with E-state index < -0.39 is 5.97 Å². The van der Waals surface area contributed by atoms with Crippen molar-refractivity contribution in [3.05, 3.63) is 16.0 Å². The van der Waals surface area contributed by atoms with Crippen molar-refractivity contribution in [2.75, 3.05) is 25.1 Å². The van der Waals surface area contributed by atoms with Crippen molar-refractivity contribution in [1.82, 2.24) is 0 Å². The van der Waals surface area contributed by atoms with Crippen molar-refractivity contribution in [2.45, 2.75) is 27.7 Å². The van der Waals surface area contributed by atoms with Gasteiger partial charge in [0.1, 0.15) is 11.6 Å². The summed E-state index contributed by atoms with van der Waals surface area (Å²) in [6, 6.07) is 0. The maximum atomic E-state index is 12.0. The third-order valence-corrected chi connectivity index (χ3v) is 3.67. The predicted molar refractivity (Wildman–Crippen MR) is 74.9 cm³/mol. The van der Waals surface area contributed by atoms with Crippen LogP contribution in [0.25, 0.3) is 0 Å². The van der Waals surface area contributed by atoms with Gasteiger partial charge in [-0.2, -0.15) is 0 Å². The first-order valence-electron chi connectivity index (χ1n) is 6.09. The number of ether oxygens (including phenoxy) is 2. The van der Waals surface area contributed by atoms with E-state index in [0.29, 0.717) is 23.8 Å². The number of rotatable bonds is 6. The molecule has 0 spiro atoms. The molecule has 0 aliphatic heterocycles. The van der Waals surface area contributed by atoms with E-state index in [0.717, 1.165) is 10.4 Å². The summed E-state index contributed by atoms with van der Waals surface area (Å²) in [7, 11) is 0. The largest absolute Gasteiger partial charge is 0.460 e. The number of carbonyl (C=O) groups is 2. The van der Waals surface area contributed by atoms with Crippen molar-refractivity contribution in [1.29, 1.82) is 0 Å². The van der Waals surface area contributed by atoms with E-state index >= 15 is 0 Å². The fourth-order valence-electron chi connectivity index (χ4n) is 1.53. The molecule has 1 heterocycles. The number of hydrogen-bond donors (Lipinski definition) is 1. The van der Waals surface area contributed by atoms with Crippen molar-refractivity contribution >= 4 is 28.2 Å². The Kier molecular flexibility index (Phi) is 5.98. The Bertz CT molecular complexity index is 467. The van der Waals surface area contributed by atoms with Crippen molar-refractivity contribution in [3.8, 4) is 0 Å². The van der Waals surface area contributed by atoms with Gasteiger partial charge in [-0.15, -0.1) is 11.3 Å². The molecule has 0 saturated carbocycles. The van der Waals surface area contributed by atoms with Gasteiger partial charge in [-0.1, -0.05) is 0 Å². The molecule has 0 aromatic carbocycles. The molecule has 1 amide bonds. The third kappa shape index (κ3) is 4.33. The summed E-state index contributed by atoms with van der Waals surface area (Å²) >= 11 is 1.38. The van der Waals surface area contributed by atoms with Crippen molar-refractivity contribution < 1.29 is 19.1 Å². The quantitative estimate of drug-likeness (QED) is 0.644.